The quantitative estimate of drug-likeness (QED) is 0.328. The molecule has 2 heterocycles. The molecular weight excluding hydrogens is 564 g/mol. The maximum absolute atomic E-state index is 14.2. The molecule has 0 bridgehead atoms. The van der Waals surface area contributed by atoms with Crippen molar-refractivity contribution in [1.29, 1.82) is 5.41 Å². The number of fused-ring (bicyclic) bond motifs is 1. The van der Waals surface area contributed by atoms with Crippen LogP contribution in [-0.2, 0) is 19.4 Å². The Bertz CT molecular complexity index is 1940. The van der Waals surface area contributed by atoms with E-state index in [1.165, 1.54) is 33.5 Å². The number of nitrogens with one attached hydrogen (secondary N) is 1. The summed E-state index contributed by atoms with van der Waals surface area (Å²) in [5.41, 5.74) is 0.430. The Morgan fingerprint density at radius 1 is 0.927 bits per heavy atom. The van der Waals surface area contributed by atoms with Crippen LogP contribution in [0.3, 0.4) is 0 Å². The Labute approximate surface area is 240 Å². The minimum absolute atomic E-state index is 0.0337. The molecule has 0 saturated carbocycles. The van der Waals surface area contributed by atoms with E-state index in [1.54, 1.807) is 72.8 Å². The summed E-state index contributed by atoms with van der Waals surface area (Å²) >= 11 is 0.992. The number of aromatic nitrogens is 1. The van der Waals surface area contributed by atoms with Gasteiger partial charge in [0.25, 0.3) is 5.56 Å². The fraction of sp³-hybridized carbons (Fsp3) is 0.167. The number of ether oxygens (including phenoxy) is 3. The van der Waals surface area contributed by atoms with Crippen LogP contribution in [0.1, 0.15) is 17.0 Å². The lowest BCUT2D eigenvalue weighted by Gasteiger charge is -2.32. The Morgan fingerprint density at radius 3 is 2.24 bits per heavy atom. The Kier molecular flexibility index (Phi) is 7.65. The molecule has 1 aromatic heterocycles. The van der Waals surface area contributed by atoms with Crippen molar-refractivity contribution in [2.45, 2.75) is 16.1 Å². The highest BCUT2D eigenvalue weighted by Crippen LogP contribution is 2.39. The van der Waals surface area contributed by atoms with Crippen LogP contribution in [0.4, 0.5) is 0 Å². The van der Waals surface area contributed by atoms with Crippen molar-refractivity contribution in [3.8, 4) is 11.5 Å². The van der Waals surface area contributed by atoms with Crippen molar-refractivity contribution in [3.05, 3.63) is 110 Å². The lowest BCUT2D eigenvalue weighted by molar-refractivity contribution is -0.134. The normalized spacial score (nSPS) is 17.2. The maximum Gasteiger partial charge on any atom is 0.337 e. The largest absolute Gasteiger partial charge is 0.497 e. The molecule has 41 heavy (non-hydrogen) atoms. The second kappa shape index (κ2) is 11.2. The molecule has 4 aromatic rings. The number of hydrogen-bond donors (Lipinski definition) is 1. The van der Waals surface area contributed by atoms with E-state index in [-0.39, 0.29) is 19.7 Å². The Balaban J connectivity index is 1.88. The number of benzene rings is 3. The number of methoxy groups -OCH3 is 3. The predicted molar refractivity (Wildman–Crippen MR) is 156 cm³/mol. The van der Waals surface area contributed by atoms with Gasteiger partial charge in [0.15, 0.2) is 9.84 Å². The van der Waals surface area contributed by atoms with Crippen LogP contribution in [0.25, 0.3) is 11.6 Å². The summed E-state index contributed by atoms with van der Waals surface area (Å²) in [6, 6.07) is 21.4. The molecule has 0 spiro atoms. The summed E-state index contributed by atoms with van der Waals surface area (Å²) in [6.07, 6.45) is 1.62. The smallest absolute Gasteiger partial charge is 0.337 e. The molecule has 2 atom stereocenters. The highest BCUT2D eigenvalue weighted by molar-refractivity contribution is 7.93. The number of thiazole rings is 1. The maximum atomic E-state index is 14.2. The fourth-order valence-electron chi connectivity index (χ4n) is 4.92. The summed E-state index contributed by atoms with van der Waals surface area (Å²) in [7, 11) is -0.0987. The second-order valence-corrected chi connectivity index (χ2v) is 12.3. The van der Waals surface area contributed by atoms with Crippen molar-refractivity contribution in [2.24, 2.45) is 0 Å². The monoisotopic (exact) mass is 590 g/mol. The van der Waals surface area contributed by atoms with Crippen LogP contribution < -0.4 is 24.2 Å². The van der Waals surface area contributed by atoms with Crippen LogP contribution >= 0.6 is 11.3 Å². The van der Waals surface area contributed by atoms with Crippen molar-refractivity contribution in [2.75, 3.05) is 21.3 Å². The van der Waals surface area contributed by atoms with Gasteiger partial charge in [0, 0.05) is 5.92 Å². The molecule has 0 aliphatic carbocycles. The van der Waals surface area contributed by atoms with Crippen LogP contribution in [0.15, 0.2) is 88.6 Å². The molecule has 5 rings (SSSR count). The number of sulfone groups is 1. The van der Waals surface area contributed by atoms with E-state index in [9.17, 15) is 18.0 Å². The van der Waals surface area contributed by atoms with Crippen LogP contribution in [0.2, 0.25) is 0 Å². The third kappa shape index (κ3) is 4.98. The molecule has 0 amide bonds. The van der Waals surface area contributed by atoms with Crippen LogP contribution in [0.5, 0.6) is 11.5 Å². The fourth-order valence-corrected chi connectivity index (χ4v) is 7.97. The average molecular weight is 591 g/mol. The second-order valence-electron chi connectivity index (χ2n) is 9.16. The average Bonchev–Trinajstić information content (AvgIpc) is 3.32. The van der Waals surface area contributed by atoms with Crippen molar-refractivity contribution in [1.82, 2.24) is 4.57 Å². The number of carbonyl (C=O) groups is 1. The molecule has 1 aliphatic rings. The van der Waals surface area contributed by atoms with Gasteiger partial charge in [-0.2, -0.15) is 0 Å². The van der Waals surface area contributed by atoms with Gasteiger partial charge in [-0.3, -0.25) is 14.8 Å². The molecule has 210 valence electrons. The summed E-state index contributed by atoms with van der Waals surface area (Å²) in [5.74, 6) is -1.41. The molecule has 1 aliphatic heterocycles. The van der Waals surface area contributed by atoms with Crippen LogP contribution in [-0.4, -0.2) is 51.4 Å². The zero-order valence-corrected chi connectivity index (χ0v) is 24.0. The standard InChI is InChI=1S/C30H26N2O7S2/c1-37-20-11-7-9-18(15-20)16-23-28(33)32-27(31)26(41(35,36)22-13-5-4-6-14-22)24(19-10-8-12-21(17-19)38-2)25(29(32)40-23)30(34)39-3/h4-17,24,26,31H,1-3H3. The molecule has 1 N–H and O–H groups in total. The van der Waals surface area contributed by atoms with Crippen LogP contribution in [0, 0.1) is 5.41 Å². The number of rotatable bonds is 7. The summed E-state index contributed by atoms with van der Waals surface area (Å²) < 4.78 is 45.6. The predicted octanol–water partition coefficient (Wildman–Crippen LogP) is 2.54. The Morgan fingerprint density at radius 2 is 1.59 bits per heavy atom. The highest BCUT2D eigenvalue weighted by atomic mass is 32.2. The lowest BCUT2D eigenvalue weighted by Crippen LogP contribution is -2.53. The summed E-state index contributed by atoms with van der Waals surface area (Å²) in [5, 5.41) is 7.54. The van der Waals surface area contributed by atoms with Gasteiger partial charge in [0.2, 0.25) is 0 Å². The van der Waals surface area contributed by atoms with Gasteiger partial charge in [-0.15, -0.1) is 11.3 Å². The minimum atomic E-state index is -4.30. The van der Waals surface area contributed by atoms with E-state index in [2.05, 4.69) is 0 Å². The third-order valence-corrected chi connectivity index (χ3v) is 10.0. The van der Waals surface area contributed by atoms with Gasteiger partial charge in [-0.1, -0.05) is 42.5 Å². The van der Waals surface area contributed by atoms with E-state index in [0.29, 0.717) is 22.6 Å². The Hall–Kier alpha value is -4.48. The number of nitrogens with zero attached hydrogens (tertiary/aromatic N) is 1. The minimum Gasteiger partial charge on any atom is -0.497 e. The lowest BCUT2D eigenvalue weighted by atomic mass is 9.86. The summed E-state index contributed by atoms with van der Waals surface area (Å²) in [4.78, 5) is 27.2. The first-order valence-corrected chi connectivity index (χ1v) is 14.8. The van der Waals surface area contributed by atoms with Crippen molar-refractivity contribution < 1.29 is 27.4 Å². The first-order chi connectivity index (χ1) is 19.7. The topological polar surface area (TPSA) is 125 Å². The van der Waals surface area contributed by atoms with Gasteiger partial charge in [-0.25, -0.2) is 13.2 Å². The summed E-state index contributed by atoms with van der Waals surface area (Å²) in [6.45, 7) is 0. The van der Waals surface area contributed by atoms with Gasteiger partial charge < -0.3 is 14.2 Å². The molecule has 0 fully saturated rings. The van der Waals surface area contributed by atoms with Gasteiger partial charge in [0.1, 0.15) is 27.2 Å². The van der Waals surface area contributed by atoms with Gasteiger partial charge in [-0.05, 0) is 53.6 Å². The molecule has 0 saturated heterocycles. The molecule has 11 heteroatoms. The molecule has 9 nitrogen and oxygen atoms in total. The highest BCUT2D eigenvalue weighted by Gasteiger charge is 2.48. The van der Waals surface area contributed by atoms with Crippen molar-refractivity contribution >= 4 is 44.6 Å². The van der Waals surface area contributed by atoms with E-state index >= 15 is 0 Å². The molecule has 3 aromatic carbocycles. The van der Waals surface area contributed by atoms with Crippen molar-refractivity contribution in [3.63, 3.8) is 0 Å². The zero-order chi connectivity index (χ0) is 29.3. The number of carbonyl (C=O) groups excluding carboxylic acids is 1. The number of hydrogen-bond acceptors (Lipinski definition) is 9. The first kappa shape index (κ1) is 28.1. The third-order valence-electron chi connectivity index (χ3n) is 6.83. The van der Waals surface area contributed by atoms with E-state index in [4.69, 9.17) is 19.6 Å². The van der Waals surface area contributed by atoms with Gasteiger partial charge in [0.05, 0.1) is 36.3 Å². The molecule has 2 unspecified atom stereocenters. The molecular formula is C30H26N2O7S2. The zero-order valence-electron chi connectivity index (χ0n) is 22.4. The SMILES string of the molecule is COC(=O)C1=c2sc(=Cc3cccc(OC)c3)c(=O)n2C(=N)C(S(=O)(=O)c2ccccc2)C1c1cccc(OC)c1. The first-order valence-electron chi connectivity index (χ1n) is 12.4. The van der Waals surface area contributed by atoms with E-state index in [1.807, 2.05) is 0 Å². The van der Waals surface area contributed by atoms with E-state index in [0.717, 1.165) is 15.9 Å². The molecule has 0 radical (unpaired) electrons. The van der Waals surface area contributed by atoms with E-state index < -0.39 is 38.4 Å². The van der Waals surface area contributed by atoms with Gasteiger partial charge >= 0.3 is 5.97 Å². The number of esters is 1.